The second-order valence-corrected chi connectivity index (χ2v) is 6.36. The number of carbonyl (C=O) groups excluding carboxylic acids is 1. The summed E-state index contributed by atoms with van der Waals surface area (Å²) in [6.45, 7) is 5.01. The van der Waals surface area contributed by atoms with E-state index >= 15 is 0 Å². The fourth-order valence-electron chi connectivity index (χ4n) is 2.95. The van der Waals surface area contributed by atoms with Crippen LogP contribution in [0.15, 0.2) is 33.7 Å². The zero-order chi connectivity index (χ0) is 18.5. The molecule has 0 aliphatic carbocycles. The number of pyridine rings is 1. The molecule has 0 unspecified atom stereocenters. The highest BCUT2D eigenvalue weighted by atomic mass is 16.5. The molecule has 3 rings (SSSR count). The molecular weight excluding hydrogens is 338 g/mol. The van der Waals surface area contributed by atoms with Gasteiger partial charge in [-0.15, -0.1) is 0 Å². The van der Waals surface area contributed by atoms with Crippen LogP contribution in [0.1, 0.15) is 23.4 Å². The van der Waals surface area contributed by atoms with Crippen LogP contribution in [0.2, 0.25) is 0 Å². The molecule has 2 aromatic rings. The zero-order valence-corrected chi connectivity index (χ0v) is 14.9. The SMILES string of the molecule is Cc1noc(C)c1CO[C@@H]1CCOC[C@@H]1NC(=O)Cn1ccccc1=O. The Labute approximate surface area is 151 Å². The molecule has 0 bridgehead atoms. The van der Waals surface area contributed by atoms with Gasteiger partial charge < -0.3 is 23.9 Å². The Hall–Kier alpha value is -2.45. The van der Waals surface area contributed by atoms with Crippen LogP contribution in [0.25, 0.3) is 0 Å². The van der Waals surface area contributed by atoms with Gasteiger partial charge in [0, 0.05) is 24.4 Å². The Morgan fingerprint density at radius 1 is 1.42 bits per heavy atom. The molecule has 1 N–H and O–H groups in total. The Bertz CT molecular complexity index is 794. The summed E-state index contributed by atoms with van der Waals surface area (Å²) >= 11 is 0. The second-order valence-electron chi connectivity index (χ2n) is 6.36. The summed E-state index contributed by atoms with van der Waals surface area (Å²) in [6.07, 6.45) is 2.10. The minimum absolute atomic E-state index is 0.0350. The molecule has 3 heterocycles. The predicted molar refractivity (Wildman–Crippen MR) is 92.6 cm³/mol. The first-order valence-corrected chi connectivity index (χ1v) is 8.60. The van der Waals surface area contributed by atoms with Crippen LogP contribution < -0.4 is 10.9 Å². The van der Waals surface area contributed by atoms with Crippen molar-refractivity contribution in [1.29, 1.82) is 0 Å². The van der Waals surface area contributed by atoms with Crippen molar-refractivity contribution in [3.63, 3.8) is 0 Å². The van der Waals surface area contributed by atoms with Gasteiger partial charge in [-0.25, -0.2) is 0 Å². The number of nitrogens with zero attached hydrogens (tertiary/aromatic N) is 2. The molecule has 0 spiro atoms. The van der Waals surface area contributed by atoms with Gasteiger partial charge in [0.25, 0.3) is 5.56 Å². The lowest BCUT2D eigenvalue weighted by molar-refractivity contribution is -0.127. The first kappa shape index (κ1) is 18.3. The standard InChI is InChI=1S/C18H23N3O5/c1-12-14(13(2)26-20-12)10-25-16-6-8-24-11-15(16)19-17(22)9-21-7-4-3-5-18(21)23/h3-5,7,15-16H,6,8-11H2,1-2H3,(H,19,22)/t15-,16+/m0/s1. The van der Waals surface area contributed by atoms with E-state index in [1.807, 2.05) is 13.8 Å². The lowest BCUT2D eigenvalue weighted by Gasteiger charge is -2.32. The molecule has 0 radical (unpaired) electrons. The molecule has 0 aromatic carbocycles. The zero-order valence-electron chi connectivity index (χ0n) is 14.9. The fraction of sp³-hybridized carbons (Fsp3) is 0.500. The number of carbonyl (C=O) groups is 1. The first-order valence-electron chi connectivity index (χ1n) is 8.60. The van der Waals surface area contributed by atoms with Crippen LogP contribution in [-0.2, 0) is 27.4 Å². The van der Waals surface area contributed by atoms with E-state index in [2.05, 4.69) is 10.5 Å². The lowest BCUT2D eigenvalue weighted by atomic mass is 10.1. The molecule has 2 aromatic heterocycles. The van der Waals surface area contributed by atoms with E-state index in [9.17, 15) is 9.59 Å². The maximum absolute atomic E-state index is 12.3. The molecule has 0 saturated carbocycles. The summed E-state index contributed by atoms with van der Waals surface area (Å²) in [5.74, 6) is 0.485. The van der Waals surface area contributed by atoms with Crippen molar-refractivity contribution in [1.82, 2.24) is 15.0 Å². The molecule has 140 valence electrons. The molecule has 8 heteroatoms. The van der Waals surface area contributed by atoms with Crippen molar-refractivity contribution in [2.45, 2.75) is 45.6 Å². The minimum Gasteiger partial charge on any atom is -0.379 e. The van der Waals surface area contributed by atoms with Gasteiger partial charge in [-0.1, -0.05) is 11.2 Å². The number of nitrogens with one attached hydrogen (secondary N) is 1. The van der Waals surface area contributed by atoms with Gasteiger partial charge in [0.1, 0.15) is 12.3 Å². The highest BCUT2D eigenvalue weighted by Gasteiger charge is 2.28. The number of rotatable bonds is 6. The Balaban J connectivity index is 1.59. The smallest absolute Gasteiger partial charge is 0.250 e. The number of hydrogen-bond acceptors (Lipinski definition) is 6. The Morgan fingerprint density at radius 3 is 3.00 bits per heavy atom. The number of amides is 1. The van der Waals surface area contributed by atoms with Gasteiger partial charge in [-0.3, -0.25) is 9.59 Å². The van der Waals surface area contributed by atoms with Gasteiger partial charge >= 0.3 is 0 Å². The van der Waals surface area contributed by atoms with Gasteiger partial charge in [-0.2, -0.15) is 0 Å². The third kappa shape index (κ3) is 4.39. The van der Waals surface area contributed by atoms with Crippen molar-refractivity contribution in [3.8, 4) is 0 Å². The van der Waals surface area contributed by atoms with Crippen LogP contribution in [0, 0.1) is 13.8 Å². The number of hydrogen-bond donors (Lipinski definition) is 1. The molecule has 1 fully saturated rings. The minimum atomic E-state index is -0.267. The molecule has 8 nitrogen and oxygen atoms in total. The number of ether oxygens (including phenoxy) is 2. The summed E-state index contributed by atoms with van der Waals surface area (Å²) in [7, 11) is 0. The molecule has 1 amide bonds. The van der Waals surface area contributed by atoms with Crippen molar-refractivity contribution < 1.29 is 18.8 Å². The maximum Gasteiger partial charge on any atom is 0.250 e. The summed E-state index contributed by atoms with van der Waals surface area (Å²) < 4.78 is 18.0. The topological polar surface area (TPSA) is 95.6 Å². The summed E-state index contributed by atoms with van der Waals surface area (Å²) in [5.41, 5.74) is 1.52. The average Bonchev–Trinajstić information content (AvgIpc) is 2.94. The van der Waals surface area contributed by atoms with E-state index in [1.165, 1.54) is 10.6 Å². The highest BCUT2D eigenvalue weighted by molar-refractivity contribution is 5.76. The van der Waals surface area contributed by atoms with E-state index in [-0.39, 0.29) is 30.2 Å². The van der Waals surface area contributed by atoms with Crippen molar-refractivity contribution >= 4 is 5.91 Å². The van der Waals surface area contributed by atoms with Gasteiger partial charge in [0.05, 0.1) is 31.1 Å². The van der Waals surface area contributed by atoms with Crippen molar-refractivity contribution in [3.05, 3.63) is 51.8 Å². The van der Waals surface area contributed by atoms with Gasteiger partial charge in [-0.05, 0) is 26.3 Å². The molecule has 2 atom stereocenters. The molecule has 26 heavy (non-hydrogen) atoms. The Morgan fingerprint density at radius 2 is 2.27 bits per heavy atom. The first-order chi connectivity index (χ1) is 12.5. The molecule has 1 saturated heterocycles. The van der Waals surface area contributed by atoms with E-state index < -0.39 is 0 Å². The van der Waals surface area contributed by atoms with Crippen LogP contribution in [0.5, 0.6) is 0 Å². The fourth-order valence-corrected chi connectivity index (χ4v) is 2.95. The van der Waals surface area contributed by atoms with E-state index in [1.54, 1.807) is 18.3 Å². The van der Waals surface area contributed by atoms with Crippen LogP contribution >= 0.6 is 0 Å². The summed E-state index contributed by atoms with van der Waals surface area (Å²) in [5, 5.41) is 6.84. The lowest BCUT2D eigenvalue weighted by Crippen LogP contribution is -2.51. The van der Waals surface area contributed by atoms with E-state index in [0.29, 0.717) is 26.2 Å². The second kappa shape index (κ2) is 8.29. The van der Waals surface area contributed by atoms with Crippen LogP contribution in [0.3, 0.4) is 0 Å². The predicted octanol–water partition coefficient (Wildman–Crippen LogP) is 0.944. The summed E-state index contributed by atoms with van der Waals surface area (Å²) in [6, 6.07) is 4.52. The molecule has 1 aliphatic heterocycles. The number of aromatic nitrogens is 2. The van der Waals surface area contributed by atoms with E-state index in [0.717, 1.165) is 17.0 Å². The third-order valence-corrected chi connectivity index (χ3v) is 4.48. The largest absolute Gasteiger partial charge is 0.379 e. The van der Waals surface area contributed by atoms with Crippen molar-refractivity contribution in [2.24, 2.45) is 0 Å². The average molecular weight is 361 g/mol. The van der Waals surface area contributed by atoms with Gasteiger partial charge in [0.2, 0.25) is 5.91 Å². The van der Waals surface area contributed by atoms with Crippen LogP contribution in [0.4, 0.5) is 0 Å². The normalized spacial score (nSPS) is 20.1. The molecule has 1 aliphatic rings. The van der Waals surface area contributed by atoms with E-state index in [4.69, 9.17) is 14.0 Å². The van der Waals surface area contributed by atoms with Gasteiger partial charge in [0.15, 0.2) is 0 Å². The van der Waals surface area contributed by atoms with Crippen molar-refractivity contribution in [2.75, 3.05) is 13.2 Å². The Kier molecular flexibility index (Phi) is 5.85. The monoisotopic (exact) mass is 361 g/mol. The van der Waals surface area contributed by atoms with Crippen LogP contribution in [-0.4, -0.2) is 41.0 Å². The third-order valence-electron chi connectivity index (χ3n) is 4.48. The quantitative estimate of drug-likeness (QED) is 0.823. The maximum atomic E-state index is 12.3. The number of aryl methyl sites for hydroxylation is 2. The molecular formula is C18H23N3O5. The summed E-state index contributed by atoms with van der Waals surface area (Å²) in [4.78, 5) is 24.0. The highest BCUT2D eigenvalue weighted by Crippen LogP contribution is 2.18.